The van der Waals surface area contributed by atoms with Crippen molar-refractivity contribution in [3.8, 4) is 6.07 Å². The van der Waals surface area contributed by atoms with Crippen LogP contribution in [-0.2, 0) is 21.3 Å². The summed E-state index contributed by atoms with van der Waals surface area (Å²) in [5.74, 6) is -0.950. The topological polar surface area (TPSA) is 78.2 Å². The van der Waals surface area contributed by atoms with E-state index in [1.54, 1.807) is 31.2 Å². The van der Waals surface area contributed by atoms with Gasteiger partial charge in [0, 0.05) is 10.8 Å². The van der Waals surface area contributed by atoms with Crippen molar-refractivity contribution in [3.63, 3.8) is 0 Å². The highest BCUT2D eigenvalue weighted by Crippen LogP contribution is 2.14. The van der Waals surface area contributed by atoms with E-state index in [9.17, 15) is 9.00 Å². The van der Waals surface area contributed by atoms with Crippen LogP contribution in [0.5, 0.6) is 0 Å². The van der Waals surface area contributed by atoms with E-state index in [1.807, 2.05) is 6.07 Å². The molecule has 0 aliphatic heterocycles. The molecule has 0 saturated heterocycles. The Morgan fingerprint density at radius 2 is 2.18 bits per heavy atom. The van der Waals surface area contributed by atoms with Crippen LogP contribution in [0.1, 0.15) is 24.5 Å². The van der Waals surface area contributed by atoms with Gasteiger partial charge in [-0.2, -0.15) is 5.26 Å². The van der Waals surface area contributed by atoms with Crippen LogP contribution in [0.25, 0.3) is 0 Å². The maximum atomic E-state index is 11.9. The van der Waals surface area contributed by atoms with Gasteiger partial charge in [0.15, 0.2) is 0 Å². The van der Waals surface area contributed by atoms with Gasteiger partial charge in [0.25, 0.3) is 0 Å². The van der Waals surface area contributed by atoms with E-state index in [2.05, 4.69) is 0 Å². The van der Waals surface area contributed by atoms with Gasteiger partial charge in [-0.3, -0.25) is 9.00 Å². The number of hydrogen-bond donors (Lipinski definition) is 1. The summed E-state index contributed by atoms with van der Waals surface area (Å²) >= 11 is 0. The third-order valence-corrected chi connectivity index (χ3v) is 4.16. The van der Waals surface area contributed by atoms with E-state index in [0.29, 0.717) is 17.5 Å². The Morgan fingerprint density at radius 1 is 1.53 bits per heavy atom. The zero-order chi connectivity index (χ0) is 12.8. The molecule has 0 radical (unpaired) electrons. The van der Waals surface area contributed by atoms with Gasteiger partial charge in [0.05, 0.1) is 17.4 Å². The second kappa shape index (κ2) is 6.16. The van der Waals surface area contributed by atoms with Gasteiger partial charge in [0.2, 0.25) is 0 Å². The Labute approximate surface area is 102 Å². The first-order chi connectivity index (χ1) is 8.10. The molecule has 17 heavy (non-hydrogen) atoms. The lowest BCUT2D eigenvalue weighted by molar-refractivity contribution is -0.136. The van der Waals surface area contributed by atoms with Gasteiger partial charge in [0.1, 0.15) is 5.25 Å². The first-order valence-electron chi connectivity index (χ1n) is 5.18. The molecule has 0 fully saturated rings. The smallest absolute Gasteiger partial charge is 0.319 e. The lowest BCUT2D eigenvalue weighted by atomic mass is 10.1. The van der Waals surface area contributed by atoms with Gasteiger partial charge >= 0.3 is 5.97 Å². The van der Waals surface area contributed by atoms with E-state index in [0.717, 1.165) is 0 Å². The molecule has 0 amide bonds. The molecule has 0 heterocycles. The first-order valence-corrected chi connectivity index (χ1v) is 6.56. The summed E-state index contributed by atoms with van der Waals surface area (Å²) in [6.45, 7) is 1.69. The molecule has 0 saturated carbocycles. The van der Waals surface area contributed by atoms with Crippen molar-refractivity contribution < 1.29 is 14.1 Å². The van der Waals surface area contributed by atoms with Crippen LogP contribution in [-0.4, -0.2) is 20.5 Å². The fourth-order valence-electron chi connectivity index (χ4n) is 1.48. The number of carboxylic acids is 1. The molecule has 0 aliphatic carbocycles. The number of carbonyl (C=O) groups is 1. The number of benzene rings is 1. The molecule has 0 bridgehead atoms. The van der Waals surface area contributed by atoms with Crippen LogP contribution < -0.4 is 0 Å². The molecule has 2 atom stereocenters. The van der Waals surface area contributed by atoms with Crippen molar-refractivity contribution >= 4 is 16.8 Å². The highest BCUT2D eigenvalue weighted by Gasteiger charge is 2.23. The largest absolute Gasteiger partial charge is 0.480 e. The summed E-state index contributed by atoms with van der Waals surface area (Å²) < 4.78 is 11.9. The van der Waals surface area contributed by atoms with Crippen LogP contribution in [0.15, 0.2) is 24.3 Å². The maximum Gasteiger partial charge on any atom is 0.319 e. The summed E-state index contributed by atoms with van der Waals surface area (Å²) in [6.07, 6.45) is 0.316. The van der Waals surface area contributed by atoms with Crippen molar-refractivity contribution in [1.82, 2.24) is 0 Å². The third kappa shape index (κ3) is 3.40. The number of hydrogen-bond acceptors (Lipinski definition) is 3. The standard InChI is InChI=1S/C12H13NO3S/c1-2-11(12(14)15)17(16)8-10-6-4-3-5-9(10)7-13/h3-6,11H,2,8H2,1H3,(H,14,15). The van der Waals surface area contributed by atoms with Crippen LogP contribution in [0.2, 0.25) is 0 Å². The summed E-state index contributed by atoms with van der Waals surface area (Å²) in [6, 6.07) is 8.80. The molecule has 1 aromatic rings. The number of rotatable bonds is 5. The highest BCUT2D eigenvalue weighted by molar-refractivity contribution is 7.85. The van der Waals surface area contributed by atoms with Crippen LogP contribution in [0.3, 0.4) is 0 Å². The van der Waals surface area contributed by atoms with E-state index >= 15 is 0 Å². The van der Waals surface area contributed by atoms with Gasteiger partial charge in [-0.05, 0) is 18.1 Å². The van der Waals surface area contributed by atoms with Gasteiger partial charge in [-0.1, -0.05) is 25.1 Å². The van der Waals surface area contributed by atoms with Crippen molar-refractivity contribution in [1.29, 1.82) is 5.26 Å². The number of nitriles is 1. The second-order valence-corrected chi connectivity index (χ2v) is 5.15. The molecule has 1 rings (SSSR count). The second-order valence-electron chi connectivity index (χ2n) is 3.53. The summed E-state index contributed by atoms with van der Waals surface area (Å²) in [4.78, 5) is 10.9. The number of nitrogens with zero attached hydrogens (tertiary/aromatic N) is 1. The van der Waals surface area contributed by atoms with Crippen molar-refractivity contribution in [2.75, 3.05) is 0 Å². The molecule has 2 unspecified atom stereocenters. The monoisotopic (exact) mass is 251 g/mol. The average Bonchev–Trinajstić information content (AvgIpc) is 2.30. The Kier molecular flexibility index (Phi) is 4.85. The summed E-state index contributed by atoms with van der Waals surface area (Å²) in [7, 11) is -1.50. The van der Waals surface area contributed by atoms with Crippen molar-refractivity contribution in [2.45, 2.75) is 24.3 Å². The summed E-state index contributed by atoms with van der Waals surface area (Å²) in [5.41, 5.74) is 1.08. The minimum Gasteiger partial charge on any atom is -0.480 e. The third-order valence-electron chi connectivity index (χ3n) is 2.40. The fraction of sp³-hybridized carbons (Fsp3) is 0.333. The van der Waals surface area contributed by atoms with E-state index in [4.69, 9.17) is 10.4 Å². The number of aliphatic carboxylic acids is 1. The molecule has 1 N–H and O–H groups in total. The Morgan fingerprint density at radius 3 is 2.71 bits per heavy atom. The van der Waals surface area contributed by atoms with Gasteiger partial charge in [-0.15, -0.1) is 0 Å². The predicted molar refractivity (Wildman–Crippen MR) is 64.7 cm³/mol. The predicted octanol–water partition coefficient (Wildman–Crippen LogP) is 1.67. The average molecular weight is 251 g/mol. The number of carboxylic acid groups (broad SMARTS) is 1. The molecule has 0 aliphatic rings. The molecule has 90 valence electrons. The fourth-order valence-corrected chi connectivity index (χ4v) is 2.84. The quantitative estimate of drug-likeness (QED) is 0.863. The molecule has 0 spiro atoms. The zero-order valence-corrected chi connectivity index (χ0v) is 10.2. The minimum absolute atomic E-state index is 0.106. The SMILES string of the molecule is CCC(C(=O)O)S(=O)Cc1ccccc1C#N. The molecule has 0 aromatic heterocycles. The van der Waals surface area contributed by atoms with Gasteiger partial charge < -0.3 is 5.11 Å². The van der Waals surface area contributed by atoms with Crippen LogP contribution in [0, 0.1) is 11.3 Å². The lowest BCUT2D eigenvalue weighted by Gasteiger charge is -2.10. The lowest BCUT2D eigenvalue weighted by Crippen LogP contribution is -2.25. The normalized spacial score (nSPS) is 13.6. The zero-order valence-electron chi connectivity index (χ0n) is 9.42. The van der Waals surface area contributed by atoms with Crippen LogP contribution >= 0.6 is 0 Å². The van der Waals surface area contributed by atoms with E-state index in [1.165, 1.54) is 0 Å². The first kappa shape index (κ1) is 13.4. The molecule has 4 nitrogen and oxygen atoms in total. The Hall–Kier alpha value is -1.67. The molecule has 1 aromatic carbocycles. The highest BCUT2D eigenvalue weighted by atomic mass is 32.2. The van der Waals surface area contributed by atoms with E-state index < -0.39 is 22.0 Å². The molecule has 5 heteroatoms. The van der Waals surface area contributed by atoms with Crippen LogP contribution in [0.4, 0.5) is 0 Å². The molecular formula is C12H13NO3S. The summed E-state index contributed by atoms with van der Waals surface area (Å²) in [5, 5.41) is 16.9. The van der Waals surface area contributed by atoms with E-state index in [-0.39, 0.29) is 5.75 Å². The van der Waals surface area contributed by atoms with Crippen molar-refractivity contribution in [3.05, 3.63) is 35.4 Å². The Bertz CT molecular complexity index is 479. The van der Waals surface area contributed by atoms with Gasteiger partial charge in [-0.25, -0.2) is 0 Å². The maximum absolute atomic E-state index is 11.9. The van der Waals surface area contributed by atoms with Crippen molar-refractivity contribution in [2.24, 2.45) is 0 Å². The Balaban J connectivity index is 2.88. The minimum atomic E-state index is -1.50. The molecular weight excluding hydrogens is 238 g/mol.